The number of ether oxygens (including phenoxy) is 2. The molecule has 90 valence electrons. The Morgan fingerprint density at radius 2 is 2.12 bits per heavy atom. The quantitative estimate of drug-likeness (QED) is 0.442. The number of hydrogen-bond donors (Lipinski definition) is 1. The summed E-state index contributed by atoms with van der Waals surface area (Å²) in [6.07, 6.45) is 0.991. The van der Waals surface area contributed by atoms with Crippen LogP contribution in [-0.4, -0.2) is 36.5 Å². The normalized spacial score (nSPS) is 10.6. The van der Waals surface area contributed by atoms with Gasteiger partial charge in [-0.25, -0.2) is 9.97 Å². The maximum absolute atomic E-state index is 5.68. The molecule has 2 N–H and O–H groups in total. The van der Waals surface area contributed by atoms with Crippen molar-refractivity contribution in [3.05, 3.63) is 11.9 Å². The van der Waals surface area contributed by atoms with Crippen LogP contribution in [0.25, 0.3) is 0 Å². The molecule has 6 heteroatoms. The van der Waals surface area contributed by atoms with E-state index in [2.05, 4.69) is 9.97 Å². The Morgan fingerprint density at radius 3 is 2.81 bits per heavy atom. The summed E-state index contributed by atoms with van der Waals surface area (Å²) < 4.78 is 9.95. The molecule has 0 aromatic carbocycles. The lowest BCUT2D eigenvalue weighted by molar-refractivity contribution is 0.177. The SMILES string of the molecule is COCCCSc1cc(N)nc(COC)n1. The molecular weight excluding hydrogens is 226 g/mol. The molecule has 1 heterocycles. The molecule has 0 fully saturated rings. The molecule has 0 saturated carbocycles. The number of hydrogen-bond acceptors (Lipinski definition) is 6. The second-order valence-electron chi connectivity index (χ2n) is 3.18. The van der Waals surface area contributed by atoms with Gasteiger partial charge in [-0.3, -0.25) is 0 Å². The highest BCUT2D eigenvalue weighted by molar-refractivity contribution is 7.99. The molecule has 1 rings (SSSR count). The second-order valence-corrected chi connectivity index (χ2v) is 4.29. The van der Waals surface area contributed by atoms with Gasteiger partial charge in [-0.05, 0) is 6.42 Å². The maximum atomic E-state index is 5.68. The molecule has 0 saturated heterocycles. The molecule has 0 aliphatic rings. The van der Waals surface area contributed by atoms with Crippen LogP contribution in [0, 0.1) is 0 Å². The van der Waals surface area contributed by atoms with Crippen molar-refractivity contribution < 1.29 is 9.47 Å². The first-order chi connectivity index (χ1) is 7.76. The van der Waals surface area contributed by atoms with Gasteiger partial charge in [0.25, 0.3) is 0 Å². The van der Waals surface area contributed by atoms with E-state index in [4.69, 9.17) is 15.2 Å². The Kier molecular flexibility index (Phi) is 6.14. The van der Waals surface area contributed by atoms with E-state index >= 15 is 0 Å². The number of thioether (sulfide) groups is 1. The number of methoxy groups -OCH3 is 2. The van der Waals surface area contributed by atoms with Gasteiger partial charge in [0.1, 0.15) is 17.5 Å². The van der Waals surface area contributed by atoms with Crippen LogP contribution >= 0.6 is 11.8 Å². The zero-order chi connectivity index (χ0) is 11.8. The number of nitrogens with two attached hydrogens (primary N) is 1. The molecule has 0 bridgehead atoms. The predicted octanol–water partition coefficient (Wildman–Crippen LogP) is 1.33. The second kappa shape index (κ2) is 7.43. The summed E-state index contributed by atoms with van der Waals surface area (Å²) in [6, 6.07) is 1.77. The third-order valence-corrected chi connectivity index (χ3v) is 2.78. The van der Waals surface area contributed by atoms with Crippen LogP contribution in [0.2, 0.25) is 0 Å². The molecule has 5 nitrogen and oxygen atoms in total. The topological polar surface area (TPSA) is 70.3 Å². The van der Waals surface area contributed by atoms with E-state index in [1.165, 1.54) is 0 Å². The maximum Gasteiger partial charge on any atom is 0.157 e. The summed E-state index contributed by atoms with van der Waals surface area (Å²) in [5, 5.41) is 0.885. The van der Waals surface area contributed by atoms with Crippen molar-refractivity contribution in [1.82, 2.24) is 9.97 Å². The molecule has 0 aliphatic heterocycles. The van der Waals surface area contributed by atoms with Crippen molar-refractivity contribution in [3.8, 4) is 0 Å². The minimum Gasteiger partial charge on any atom is -0.385 e. The lowest BCUT2D eigenvalue weighted by atomic mass is 10.5. The molecular formula is C10H17N3O2S. The molecule has 1 aromatic rings. The number of rotatable bonds is 7. The number of anilines is 1. The highest BCUT2D eigenvalue weighted by atomic mass is 32.2. The summed E-state index contributed by atoms with van der Waals surface area (Å²) in [6.45, 7) is 1.15. The van der Waals surface area contributed by atoms with Crippen molar-refractivity contribution in [3.63, 3.8) is 0 Å². The molecule has 16 heavy (non-hydrogen) atoms. The van der Waals surface area contributed by atoms with Crippen molar-refractivity contribution >= 4 is 17.6 Å². The van der Waals surface area contributed by atoms with Gasteiger partial charge in [-0.1, -0.05) is 0 Å². The predicted molar refractivity (Wildman–Crippen MR) is 64.4 cm³/mol. The first-order valence-corrected chi connectivity index (χ1v) is 5.99. The van der Waals surface area contributed by atoms with E-state index in [1.807, 2.05) is 0 Å². The zero-order valence-corrected chi connectivity index (χ0v) is 10.4. The van der Waals surface area contributed by atoms with Crippen LogP contribution in [0.4, 0.5) is 5.82 Å². The third-order valence-electron chi connectivity index (χ3n) is 1.78. The van der Waals surface area contributed by atoms with Crippen LogP contribution in [0.3, 0.4) is 0 Å². The Morgan fingerprint density at radius 1 is 1.31 bits per heavy atom. The van der Waals surface area contributed by atoms with Gasteiger partial charge >= 0.3 is 0 Å². The largest absolute Gasteiger partial charge is 0.385 e. The van der Waals surface area contributed by atoms with Gasteiger partial charge in [-0.2, -0.15) is 0 Å². The van der Waals surface area contributed by atoms with Gasteiger partial charge in [0, 0.05) is 32.6 Å². The molecule has 0 aliphatic carbocycles. The number of aromatic nitrogens is 2. The molecule has 0 atom stereocenters. The fraction of sp³-hybridized carbons (Fsp3) is 0.600. The standard InChI is InChI=1S/C10H17N3O2S/c1-14-4-3-5-16-10-6-8(11)12-9(13-10)7-15-2/h6H,3-5,7H2,1-2H3,(H2,11,12,13). The molecule has 0 amide bonds. The Labute approximate surface area is 99.8 Å². The molecule has 1 aromatic heterocycles. The molecule has 0 spiro atoms. The number of nitrogen functional groups attached to an aromatic ring is 1. The summed E-state index contributed by atoms with van der Waals surface area (Å²) >= 11 is 1.65. The van der Waals surface area contributed by atoms with Gasteiger partial charge < -0.3 is 15.2 Å². The van der Waals surface area contributed by atoms with E-state index in [0.29, 0.717) is 18.2 Å². The van der Waals surface area contributed by atoms with Crippen LogP contribution in [-0.2, 0) is 16.1 Å². The summed E-state index contributed by atoms with van der Waals surface area (Å²) in [5.41, 5.74) is 5.68. The highest BCUT2D eigenvalue weighted by Crippen LogP contribution is 2.18. The summed E-state index contributed by atoms with van der Waals surface area (Å²) in [4.78, 5) is 8.40. The number of nitrogens with zero attached hydrogens (tertiary/aromatic N) is 2. The monoisotopic (exact) mass is 243 g/mol. The van der Waals surface area contributed by atoms with Crippen LogP contribution in [0.1, 0.15) is 12.2 Å². The van der Waals surface area contributed by atoms with E-state index in [-0.39, 0.29) is 0 Å². The van der Waals surface area contributed by atoms with Crippen molar-refractivity contribution in [2.24, 2.45) is 0 Å². The molecule has 0 unspecified atom stereocenters. The smallest absolute Gasteiger partial charge is 0.157 e. The Balaban J connectivity index is 2.51. The average molecular weight is 243 g/mol. The van der Waals surface area contributed by atoms with E-state index in [1.54, 1.807) is 32.0 Å². The first-order valence-electron chi connectivity index (χ1n) is 5.00. The van der Waals surface area contributed by atoms with Crippen LogP contribution < -0.4 is 5.73 Å². The fourth-order valence-electron chi connectivity index (χ4n) is 1.14. The van der Waals surface area contributed by atoms with Crippen molar-refractivity contribution in [2.45, 2.75) is 18.1 Å². The van der Waals surface area contributed by atoms with Crippen LogP contribution in [0.5, 0.6) is 0 Å². The summed E-state index contributed by atoms with van der Waals surface area (Å²) in [7, 11) is 3.31. The zero-order valence-electron chi connectivity index (χ0n) is 9.60. The van der Waals surface area contributed by atoms with E-state index < -0.39 is 0 Å². The first kappa shape index (κ1) is 13.2. The van der Waals surface area contributed by atoms with E-state index in [9.17, 15) is 0 Å². The van der Waals surface area contributed by atoms with Crippen LogP contribution in [0.15, 0.2) is 11.1 Å². The Hall–Kier alpha value is -0.850. The third kappa shape index (κ3) is 4.78. The van der Waals surface area contributed by atoms with Gasteiger partial charge in [0.2, 0.25) is 0 Å². The molecule has 0 radical (unpaired) electrons. The van der Waals surface area contributed by atoms with Gasteiger partial charge in [0.15, 0.2) is 5.82 Å². The summed E-state index contributed by atoms with van der Waals surface area (Å²) in [5.74, 6) is 2.06. The van der Waals surface area contributed by atoms with Crippen molar-refractivity contribution in [2.75, 3.05) is 32.3 Å². The minimum atomic E-state index is 0.386. The van der Waals surface area contributed by atoms with Gasteiger partial charge in [0.05, 0.1) is 0 Å². The van der Waals surface area contributed by atoms with E-state index in [0.717, 1.165) is 23.8 Å². The average Bonchev–Trinajstić information content (AvgIpc) is 2.24. The van der Waals surface area contributed by atoms with Gasteiger partial charge in [-0.15, -0.1) is 11.8 Å². The lowest BCUT2D eigenvalue weighted by Gasteiger charge is -2.04. The minimum absolute atomic E-state index is 0.386. The highest BCUT2D eigenvalue weighted by Gasteiger charge is 2.03. The van der Waals surface area contributed by atoms with Crippen molar-refractivity contribution in [1.29, 1.82) is 0 Å². The lowest BCUT2D eigenvalue weighted by Crippen LogP contribution is -2.02. The fourth-order valence-corrected chi connectivity index (χ4v) is 1.99. The Bertz CT molecular complexity index is 323.